The lowest BCUT2D eigenvalue weighted by Gasteiger charge is -2.31. The van der Waals surface area contributed by atoms with Crippen LogP contribution < -0.4 is 0 Å². The number of nitrogens with zero attached hydrogens (tertiary/aromatic N) is 2. The zero-order valence-electron chi connectivity index (χ0n) is 23.2. The minimum Gasteiger partial charge on any atom is -0.480 e. The van der Waals surface area contributed by atoms with Crippen LogP contribution in [0.15, 0.2) is 0 Å². The molecule has 224 valence electrons. The predicted octanol–water partition coefficient (Wildman–Crippen LogP) is 4.48. The molecule has 2 saturated heterocycles. The first kappa shape index (κ1) is 34.6. The van der Waals surface area contributed by atoms with Crippen LogP contribution in [0.4, 0.5) is 0 Å². The van der Waals surface area contributed by atoms with Crippen molar-refractivity contribution >= 4 is 66.8 Å². The first-order valence-electron chi connectivity index (χ1n) is 13.7. The van der Waals surface area contributed by atoms with Crippen molar-refractivity contribution < 1.29 is 34.5 Å². The van der Waals surface area contributed by atoms with Crippen LogP contribution in [0.5, 0.6) is 0 Å². The second-order valence-electron chi connectivity index (χ2n) is 10.6. The molecule has 2 heterocycles. The monoisotopic (exact) mass is 624 g/mol. The molecule has 0 bridgehead atoms. The second-order valence-corrected chi connectivity index (χ2v) is 15.8. The van der Waals surface area contributed by atoms with Gasteiger partial charge in [0.05, 0.1) is 0 Å². The van der Waals surface area contributed by atoms with Crippen molar-refractivity contribution in [3.63, 3.8) is 0 Å². The molecule has 0 saturated carbocycles. The molecule has 2 fully saturated rings. The molecule has 6 unspecified atom stereocenters. The molecule has 0 aromatic rings. The first-order valence-corrected chi connectivity index (χ1v) is 18.6. The summed E-state index contributed by atoms with van der Waals surface area (Å²) >= 11 is 0. The standard InChI is InChI=1S/C26H44N2O7S4/c1-17(23(30)27-12-6-10-21(27)25(32)33)14-36-37-16-20(9-5-4-8-19(3)29)39-38-15-18(2)24(31)28-13-7-11-22(28)26(34)35/h17-18,20-22,24,31H,4-16H2,1-3H3,(H,32,33)(H,34,35). The summed E-state index contributed by atoms with van der Waals surface area (Å²) in [6.45, 7) is 6.53. The highest BCUT2D eigenvalue weighted by molar-refractivity contribution is 8.78. The number of hydrogen-bond acceptors (Lipinski definition) is 10. The Kier molecular flexibility index (Phi) is 16.0. The number of carbonyl (C=O) groups excluding carboxylic acids is 2. The van der Waals surface area contributed by atoms with E-state index in [0.717, 1.165) is 37.9 Å². The summed E-state index contributed by atoms with van der Waals surface area (Å²) < 4.78 is 0. The zero-order chi connectivity index (χ0) is 28.9. The number of aliphatic hydroxyl groups is 1. The van der Waals surface area contributed by atoms with Crippen molar-refractivity contribution in [1.29, 1.82) is 0 Å². The molecule has 6 atom stereocenters. The van der Waals surface area contributed by atoms with Gasteiger partial charge in [0, 0.05) is 53.9 Å². The molecule has 0 aliphatic carbocycles. The van der Waals surface area contributed by atoms with Gasteiger partial charge in [-0.15, -0.1) is 0 Å². The number of hydrogen-bond donors (Lipinski definition) is 3. The largest absolute Gasteiger partial charge is 0.480 e. The minimum absolute atomic E-state index is 0.0741. The van der Waals surface area contributed by atoms with Crippen LogP contribution in [0.2, 0.25) is 0 Å². The Morgan fingerprint density at radius 1 is 0.872 bits per heavy atom. The first-order chi connectivity index (χ1) is 18.5. The number of Topliss-reactive ketones (excluding diaryl/α,β-unsaturated/α-hetero) is 1. The van der Waals surface area contributed by atoms with E-state index in [0.29, 0.717) is 49.1 Å². The Labute approximate surface area is 248 Å². The predicted molar refractivity (Wildman–Crippen MR) is 162 cm³/mol. The van der Waals surface area contributed by atoms with E-state index in [1.165, 1.54) is 4.90 Å². The fraction of sp³-hybridized carbons (Fsp3) is 0.846. The third-order valence-corrected chi connectivity index (χ3v) is 13.1. The maximum atomic E-state index is 12.8. The van der Waals surface area contributed by atoms with Crippen LogP contribution in [0.3, 0.4) is 0 Å². The number of aliphatic carboxylic acids is 2. The highest BCUT2D eigenvalue weighted by Gasteiger charge is 2.37. The van der Waals surface area contributed by atoms with Crippen molar-refractivity contribution in [3.05, 3.63) is 0 Å². The lowest BCUT2D eigenvalue weighted by Crippen LogP contribution is -2.46. The van der Waals surface area contributed by atoms with E-state index in [-0.39, 0.29) is 23.5 Å². The Bertz CT molecular complexity index is 821. The van der Waals surface area contributed by atoms with Crippen LogP contribution in [0.1, 0.15) is 72.1 Å². The van der Waals surface area contributed by atoms with E-state index in [1.54, 1.807) is 55.0 Å². The SMILES string of the molecule is CC(=O)CCCCC(CSSCC(C)C(=O)N1CCCC1C(=O)O)SSCC(C)C(O)N1CCCC1C(=O)O. The molecule has 9 nitrogen and oxygen atoms in total. The van der Waals surface area contributed by atoms with Crippen molar-refractivity contribution in [1.82, 2.24) is 9.80 Å². The van der Waals surface area contributed by atoms with Gasteiger partial charge in [0.15, 0.2) is 0 Å². The average Bonchev–Trinajstić information content (AvgIpc) is 3.57. The van der Waals surface area contributed by atoms with E-state index in [4.69, 9.17) is 0 Å². The molecule has 0 radical (unpaired) electrons. The lowest BCUT2D eigenvalue weighted by atomic mass is 10.1. The quantitative estimate of drug-likeness (QED) is 0.138. The van der Waals surface area contributed by atoms with E-state index in [2.05, 4.69) is 0 Å². The molecule has 2 aliphatic heterocycles. The Morgan fingerprint density at radius 3 is 2.18 bits per heavy atom. The van der Waals surface area contributed by atoms with Crippen molar-refractivity contribution in [3.8, 4) is 0 Å². The normalized spacial score (nSPS) is 22.9. The summed E-state index contributed by atoms with van der Waals surface area (Å²) in [5.41, 5.74) is 0. The topological polar surface area (TPSA) is 135 Å². The van der Waals surface area contributed by atoms with Gasteiger partial charge in [-0.05, 0) is 45.4 Å². The van der Waals surface area contributed by atoms with E-state index >= 15 is 0 Å². The molecule has 2 rings (SSSR count). The van der Waals surface area contributed by atoms with Gasteiger partial charge in [0.2, 0.25) is 5.91 Å². The van der Waals surface area contributed by atoms with Gasteiger partial charge in [0.25, 0.3) is 0 Å². The van der Waals surface area contributed by atoms with Crippen molar-refractivity contribution in [2.75, 3.05) is 30.3 Å². The number of carboxylic acid groups (broad SMARTS) is 2. The highest BCUT2D eigenvalue weighted by Crippen LogP contribution is 2.38. The second kappa shape index (κ2) is 18.0. The summed E-state index contributed by atoms with van der Waals surface area (Å²) in [4.78, 5) is 50.2. The van der Waals surface area contributed by atoms with Crippen LogP contribution in [-0.4, -0.2) is 103 Å². The molecule has 0 aromatic carbocycles. The van der Waals surface area contributed by atoms with Gasteiger partial charge in [-0.3, -0.25) is 14.5 Å². The zero-order valence-corrected chi connectivity index (χ0v) is 26.4. The molecule has 1 amide bonds. The summed E-state index contributed by atoms with van der Waals surface area (Å²) in [5.74, 6) is 0.165. The van der Waals surface area contributed by atoms with Gasteiger partial charge >= 0.3 is 11.9 Å². The van der Waals surface area contributed by atoms with Gasteiger partial charge in [-0.25, -0.2) is 4.79 Å². The van der Waals surface area contributed by atoms with Crippen molar-refractivity contribution in [2.45, 2.75) is 95.7 Å². The number of ketones is 1. The molecular weight excluding hydrogens is 581 g/mol. The molecule has 3 N–H and O–H groups in total. The molecule has 13 heteroatoms. The molecule has 39 heavy (non-hydrogen) atoms. The van der Waals surface area contributed by atoms with Crippen LogP contribution in [-0.2, 0) is 19.2 Å². The summed E-state index contributed by atoms with van der Waals surface area (Å²) in [7, 11) is 6.83. The summed E-state index contributed by atoms with van der Waals surface area (Å²) in [6, 6.07) is -1.32. The molecule has 2 aliphatic rings. The number of likely N-dealkylation sites (tertiary alicyclic amines) is 2. The van der Waals surface area contributed by atoms with Crippen LogP contribution in [0.25, 0.3) is 0 Å². The van der Waals surface area contributed by atoms with Crippen LogP contribution >= 0.6 is 43.2 Å². The maximum absolute atomic E-state index is 12.8. The Morgan fingerprint density at radius 2 is 1.51 bits per heavy atom. The van der Waals surface area contributed by atoms with Crippen molar-refractivity contribution in [2.24, 2.45) is 11.8 Å². The molecular formula is C26H44N2O7S4. The van der Waals surface area contributed by atoms with Gasteiger partial charge < -0.3 is 25.0 Å². The third-order valence-electron chi connectivity index (χ3n) is 7.17. The number of rotatable bonds is 19. The number of carboxylic acids is 2. The van der Waals surface area contributed by atoms with E-state index < -0.39 is 30.3 Å². The minimum atomic E-state index is -0.929. The fourth-order valence-electron chi connectivity index (χ4n) is 4.85. The smallest absolute Gasteiger partial charge is 0.326 e. The van der Waals surface area contributed by atoms with Crippen LogP contribution in [0, 0.1) is 11.8 Å². The average molecular weight is 625 g/mol. The number of carbonyl (C=O) groups is 4. The third kappa shape index (κ3) is 11.7. The van der Waals surface area contributed by atoms with Gasteiger partial charge in [-0.2, -0.15) is 0 Å². The fourth-order valence-corrected chi connectivity index (χ4v) is 11.2. The molecule has 0 aromatic heterocycles. The van der Waals surface area contributed by atoms with Gasteiger partial charge in [-0.1, -0.05) is 63.4 Å². The summed E-state index contributed by atoms with van der Waals surface area (Å²) in [6.07, 6.45) is 5.18. The Balaban J connectivity index is 1.78. The lowest BCUT2D eigenvalue weighted by molar-refractivity contribution is -0.149. The Hall–Kier alpha value is -0.600. The molecule has 0 spiro atoms. The highest BCUT2D eigenvalue weighted by atomic mass is 33.1. The summed E-state index contributed by atoms with van der Waals surface area (Å²) in [5, 5.41) is 29.9. The number of aliphatic hydroxyl groups excluding tert-OH is 1. The maximum Gasteiger partial charge on any atom is 0.326 e. The van der Waals surface area contributed by atoms with Gasteiger partial charge in [0.1, 0.15) is 24.1 Å². The van der Waals surface area contributed by atoms with E-state index in [9.17, 15) is 34.5 Å². The number of unbranched alkanes of at least 4 members (excludes halogenated alkanes) is 1. The van der Waals surface area contributed by atoms with E-state index in [1.807, 2.05) is 13.8 Å². The number of amides is 1.